The number of likely N-dealkylation sites (tertiary alicyclic amines) is 1. The van der Waals surface area contributed by atoms with Crippen LogP contribution in [0.4, 0.5) is 0 Å². The van der Waals surface area contributed by atoms with Gasteiger partial charge in [-0.05, 0) is 13.3 Å². The van der Waals surface area contributed by atoms with Crippen molar-refractivity contribution >= 4 is 11.9 Å². The second-order valence-corrected chi connectivity index (χ2v) is 4.11. The quantitative estimate of drug-likeness (QED) is 0.659. The molecule has 4 heteroatoms. The second-order valence-electron chi connectivity index (χ2n) is 4.11. The Hall–Kier alpha value is -1.06. The number of methoxy groups -OCH3 is 1. The van der Waals surface area contributed by atoms with Gasteiger partial charge in [-0.15, -0.1) is 0 Å². The molecule has 0 N–H and O–H groups in total. The lowest BCUT2D eigenvalue weighted by atomic mass is 10.1. The summed E-state index contributed by atoms with van der Waals surface area (Å²) in [6, 6.07) is 0.233. The molecule has 1 aliphatic rings. The van der Waals surface area contributed by atoms with Crippen molar-refractivity contribution in [3.05, 3.63) is 0 Å². The van der Waals surface area contributed by atoms with Crippen LogP contribution in [0.1, 0.15) is 33.1 Å². The Bertz CT molecular complexity index is 252. The number of nitrogens with zero attached hydrogens (tertiary/aromatic N) is 1. The number of esters is 1. The zero-order valence-corrected chi connectivity index (χ0v) is 9.66. The highest BCUT2D eigenvalue weighted by molar-refractivity contribution is 5.86. The molecular formula is C11H19NO3. The molecule has 0 aromatic carbocycles. The van der Waals surface area contributed by atoms with Crippen LogP contribution in [0.2, 0.25) is 0 Å². The molecule has 0 saturated carbocycles. The molecule has 1 heterocycles. The maximum atomic E-state index is 11.6. The first-order valence-electron chi connectivity index (χ1n) is 5.47. The molecule has 4 nitrogen and oxygen atoms in total. The van der Waals surface area contributed by atoms with E-state index in [1.807, 2.05) is 6.92 Å². The van der Waals surface area contributed by atoms with E-state index >= 15 is 0 Å². The zero-order valence-electron chi connectivity index (χ0n) is 9.66. The van der Waals surface area contributed by atoms with Crippen molar-refractivity contribution in [3.63, 3.8) is 0 Å². The topological polar surface area (TPSA) is 46.6 Å². The maximum absolute atomic E-state index is 11.6. The van der Waals surface area contributed by atoms with Crippen LogP contribution in [-0.4, -0.2) is 36.5 Å². The molecule has 1 fully saturated rings. The van der Waals surface area contributed by atoms with Gasteiger partial charge < -0.3 is 9.64 Å². The molecule has 1 aliphatic heterocycles. The van der Waals surface area contributed by atoms with E-state index in [2.05, 4.69) is 11.7 Å². The van der Waals surface area contributed by atoms with Crippen LogP contribution in [0, 0.1) is 5.92 Å². The van der Waals surface area contributed by atoms with E-state index in [0.717, 1.165) is 12.8 Å². The van der Waals surface area contributed by atoms with E-state index in [-0.39, 0.29) is 23.8 Å². The van der Waals surface area contributed by atoms with Crippen LogP contribution in [0.25, 0.3) is 0 Å². The highest BCUT2D eigenvalue weighted by Gasteiger charge is 2.36. The van der Waals surface area contributed by atoms with Gasteiger partial charge in [-0.3, -0.25) is 9.59 Å². The number of rotatable bonds is 4. The molecule has 0 aromatic rings. The number of hydrogen-bond acceptors (Lipinski definition) is 3. The van der Waals surface area contributed by atoms with E-state index in [1.54, 1.807) is 4.90 Å². The smallest absolute Gasteiger partial charge is 0.310 e. The second kappa shape index (κ2) is 5.14. The summed E-state index contributed by atoms with van der Waals surface area (Å²) >= 11 is 0. The zero-order chi connectivity index (χ0) is 11.4. The van der Waals surface area contributed by atoms with Crippen molar-refractivity contribution in [2.24, 2.45) is 5.92 Å². The van der Waals surface area contributed by atoms with Crippen LogP contribution < -0.4 is 0 Å². The number of hydrogen-bond donors (Lipinski definition) is 0. The third-order valence-corrected chi connectivity index (χ3v) is 2.93. The third kappa shape index (κ3) is 2.70. The lowest BCUT2D eigenvalue weighted by Gasteiger charge is -2.24. The first kappa shape index (κ1) is 12.0. The minimum atomic E-state index is -0.269. The van der Waals surface area contributed by atoms with Gasteiger partial charge in [0.05, 0.1) is 13.0 Å². The average Bonchev–Trinajstić information content (AvgIpc) is 2.59. The van der Waals surface area contributed by atoms with Gasteiger partial charge in [0.2, 0.25) is 5.91 Å². The summed E-state index contributed by atoms with van der Waals surface area (Å²) < 4.78 is 4.65. The van der Waals surface area contributed by atoms with Gasteiger partial charge in [0.1, 0.15) is 0 Å². The summed E-state index contributed by atoms with van der Waals surface area (Å²) in [6.45, 7) is 4.64. The van der Waals surface area contributed by atoms with Crippen LogP contribution in [0.3, 0.4) is 0 Å². The summed E-state index contributed by atoms with van der Waals surface area (Å²) in [6.07, 6.45) is 2.34. The molecule has 2 atom stereocenters. The van der Waals surface area contributed by atoms with Crippen molar-refractivity contribution < 1.29 is 14.3 Å². The lowest BCUT2D eigenvalue weighted by molar-refractivity contribution is -0.145. The van der Waals surface area contributed by atoms with Crippen LogP contribution in [-0.2, 0) is 14.3 Å². The first-order valence-corrected chi connectivity index (χ1v) is 5.47. The van der Waals surface area contributed by atoms with Gasteiger partial charge in [0.25, 0.3) is 0 Å². The van der Waals surface area contributed by atoms with Crippen LogP contribution >= 0.6 is 0 Å². The largest absolute Gasteiger partial charge is 0.469 e. The van der Waals surface area contributed by atoms with Gasteiger partial charge in [-0.25, -0.2) is 0 Å². The Morgan fingerprint density at radius 1 is 1.67 bits per heavy atom. The van der Waals surface area contributed by atoms with Crippen molar-refractivity contribution in [1.29, 1.82) is 0 Å². The first-order chi connectivity index (χ1) is 7.10. The predicted octanol–water partition coefficient (Wildman–Crippen LogP) is 1.20. The number of carbonyl (C=O) groups is 2. The Morgan fingerprint density at radius 2 is 2.33 bits per heavy atom. The Balaban J connectivity index is 2.56. The molecule has 0 bridgehead atoms. The normalized spacial score (nSPS) is 23.0. The van der Waals surface area contributed by atoms with Crippen LogP contribution in [0.5, 0.6) is 0 Å². The molecule has 0 aromatic heterocycles. The third-order valence-electron chi connectivity index (χ3n) is 2.93. The molecule has 86 valence electrons. The van der Waals surface area contributed by atoms with E-state index in [1.165, 1.54) is 7.11 Å². The summed E-state index contributed by atoms with van der Waals surface area (Å²) in [5, 5.41) is 0. The van der Waals surface area contributed by atoms with E-state index in [9.17, 15) is 9.59 Å². The summed E-state index contributed by atoms with van der Waals surface area (Å²) in [7, 11) is 1.37. The fourth-order valence-corrected chi connectivity index (χ4v) is 2.06. The lowest BCUT2D eigenvalue weighted by Crippen LogP contribution is -2.34. The van der Waals surface area contributed by atoms with Gasteiger partial charge in [0.15, 0.2) is 0 Å². The highest BCUT2D eigenvalue weighted by atomic mass is 16.5. The molecule has 1 rings (SSSR count). The highest BCUT2D eigenvalue weighted by Crippen LogP contribution is 2.22. The Labute approximate surface area is 90.6 Å². The van der Waals surface area contributed by atoms with Crippen molar-refractivity contribution in [1.82, 2.24) is 4.90 Å². The molecular weight excluding hydrogens is 194 g/mol. The summed E-state index contributed by atoms with van der Waals surface area (Å²) in [4.78, 5) is 24.7. The van der Waals surface area contributed by atoms with Crippen molar-refractivity contribution in [3.8, 4) is 0 Å². The van der Waals surface area contributed by atoms with Gasteiger partial charge >= 0.3 is 5.97 Å². The Kier molecular flexibility index (Phi) is 4.12. The fourth-order valence-electron chi connectivity index (χ4n) is 2.06. The molecule has 1 amide bonds. The van der Waals surface area contributed by atoms with E-state index in [0.29, 0.717) is 13.0 Å². The van der Waals surface area contributed by atoms with Gasteiger partial charge in [-0.1, -0.05) is 13.3 Å². The standard InChI is InChI=1S/C11H19NO3/c1-4-5-8(2)12-7-9(6-10(12)13)11(14)15-3/h8-9H,4-7H2,1-3H3. The minimum Gasteiger partial charge on any atom is -0.469 e. The molecule has 0 spiro atoms. The average molecular weight is 213 g/mol. The number of ether oxygens (including phenoxy) is 1. The number of carbonyl (C=O) groups excluding carboxylic acids is 2. The fraction of sp³-hybridized carbons (Fsp3) is 0.818. The SMILES string of the molecule is CCCC(C)N1CC(C(=O)OC)CC1=O. The maximum Gasteiger partial charge on any atom is 0.310 e. The Morgan fingerprint density at radius 3 is 2.87 bits per heavy atom. The van der Waals surface area contributed by atoms with Crippen molar-refractivity contribution in [2.75, 3.05) is 13.7 Å². The van der Waals surface area contributed by atoms with E-state index < -0.39 is 0 Å². The summed E-state index contributed by atoms with van der Waals surface area (Å²) in [5.41, 5.74) is 0. The predicted molar refractivity (Wildman–Crippen MR) is 56.2 cm³/mol. The van der Waals surface area contributed by atoms with Gasteiger partial charge in [0, 0.05) is 19.0 Å². The molecule has 2 unspecified atom stereocenters. The van der Waals surface area contributed by atoms with Crippen molar-refractivity contribution in [2.45, 2.75) is 39.2 Å². The molecule has 0 aliphatic carbocycles. The monoisotopic (exact) mass is 213 g/mol. The minimum absolute atomic E-state index is 0.0753. The number of amides is 1. The molecule has 0 radical (unpaired) electrons. The summed E-state index contributed by atoms with van der Waals surface area (Å²) in [5.74, 6) is -0.456. The molecule has 1 saturated heterocycles. The molecule has 15 heavy (non-hydrogen) atoms. The van der Waals surface area contributed by atoms with Gasteiger partial charge in [-0.2, -0.15) is 0 Å². The van der Waals surface area contributed by atoms with E-state index in [4.69, 9.17) is 0 Å². The van der Waals surface area contributed by atoms with Crippen LogP contribution in [0.15, 0.2) is 0 Å².